The third-order valence-corrected chi connectivity index (χ3v) is 3.94. The number of carbonyl (C=O) groups is 1. The van der Waals surface area contributed by atoms with Crippen LogP contribution in [0.1, 0.15) is 25.0 Å². The predicted octanol–water partition coefficient (Wildman–Crippen LogP) is 4.34. The first-order valence-electron chi connectivity index (χ1n) is 8.21. The summed E-state index contributed by atoms with van der Waals surface area (Å²) in [6.07, 6.45) is 0.415. The summed E-state index contributed by atoms with van der Waals surface area (Å²) >= 11 is 6.05. The van der Waals surface area contributed by atoms with Gasteiger partial charge in [0.25, 0.3) is 0 Å². The Labute approximate surface area is 154 Å². The van der Waals surface area contributed by atoms with Crippen LogP contribution in [0.25, 0.3) is 0 Å². The van der Waals surface area contributed by atoms with E-state index in [9.17, 15) is 4.79 Å². The minimum absolute atomic E-state index is 0.0173. The monoisotopic (exact) mass is 361 g/mol. The number of ether oxygens (including phenoxy) is 2. The number of amides is 1. The summed E-state index contributed by atoms with van der Waals surface area (Å²) in [5, 5.41) is 0.621. The fourth-order valence-electron chi connectivity index (χ4n) is 2.52. The Balaban J connectivity index is 2.04. The molecule has 5 heteroatoms. The van der Waals surface area contributed by atoms with Crippen LogP contribution in [0.3, 0.4) is 0 Å². The quantitative estimate of drug-likeness (QED) is 0.736. The van der Waals surface area contributed by atoms with Gasteiger partial charge in [0.1, 0.15) is 11.5 Å². The van der Waals surface area contributed by atoms with Crippen molar-refractivity contribution in [3.05, 3.63) is 58.6 Å². The van der Waals surface area contributed by atoms with Gasteiger partial charge in [-0.05, 0) is 49.7 Å². The number of likely N-dealkylation sites (N-methyl/N-ethyl adjacent to an activating group) is 1. The summed E-state index contributed by atoms with van der Waals surface area (Å²) in [5.74, 6) is 1.51. The van der Waals surface area contributed by atoms with E-state index in [4.69, 9.17) is 21.1 Å². The molecule has 0 radical (unpaired) electrons. The van der Waals surface area contributed by atoms with E-state index in [2.05, 4.69) is 0 Å². The average Bonchev–Trinajstić information content (AvgIpc) is 2.54. The van der Waals surface area contributed by atoms with Crippen LogP contribution in [0.15, 0.2) is 42.5 Å². The molecule has 2 aromatic carbocycles. The Kier molecular flexibility index (Phi) is 6.71. The molecule has 134 valence electrons. The van der Waals surface area contributed by atoms with E-state index in [1.807, 2.05) is 50.2 Å². The zero-order chi connectivity index (χ0) is 18.4. The van der Waals surface area contributed by atoms with Gasteiger partial charge in [-0.2, -0.15) is 0 Å². The molecule has 2 rings (SSSR count). The van der Waals surface area contributed by atoms with Crippen molar-refractivity contribution in [1.29, 1.82) is 0 Å². The second kappa shape index (κ2) is 8.77. The maximum atomic E-state index is 12.5. The van der Waals surface area contributed by atoms with Crippen LogP contribution in [0.5, 0.6) is 11.5 Å². The Bertz CT molecular complexity index is 731. The fourth-order valence-corrected chi connectivity index (χ4v) is 2.72. The molecular weight excluding hydrogens is 338 g/mol. The zero-order valence-corrected chi connectivity index (χ0v) is 15.8. The van der Waals surface area contributed by atoms with Crippen molar-refractivity contribution < 1.29 is 14.3 Å². The minimum atomic E-state index is 0.0173. The van der Waals surface area contributed by atoms with Gasteiger partial charge in [-0.15, -0.1) is 0 Å². The fraction of sp³-hybridized carbons (Fsp3) is 0.350. The van der Waals surface area contributed by atoms with E-state index in [-0.39, 0.29) is 12.0 Å². The van der Waals surface area contributed by atoms with E-state index in [1.54, 1.807) is 25.1 Å². The van der Waals surface area contributed by atoms with Crippen LogP contribution in [0.4, 0.5) is 0 Å². The highest BCUT2D eigenvalue weighted by Gasteiger charge is 2.14. The van der Waals surface area contributed by atoms with Crippen molar-refractivity contribution in [1.82, 2.24) is 4.90 Å². The highest BCUT2D eigenvalue weighted by Crippen LogP contribution is 2.24. The molecular formula is C20H24ClNO3. The summed E-state index contributed by atoms with van der Waals surface area (Å²) in [4.78, 5) is 14.2. The zero-order valence-electron chi connectivity index (χ0n) is 15.1. The maximum Gasteiger partial charge on any atom is 0.227 e. The van der Waals surface area contributed by atoms with E-state index < -0.39 is 0 Å². The summed E-state index contributed by atoms with van der Waals surface area (Å²) in [6, 6.07) is 13.0. The molecule has 0 fully saturated rings. The van der Waals surface area contributed by atoms with Gasteiger partial charge in [-0.25, -0.2) is 0 Å². The number of nitrogens with zero attached hydrogens (tertiary/aromatic N) is 1. The molecule has 0 aliphatic carbocycles. The van der Waals surface area contributed by atoms with Gasteiger partial charge >= 0.3 is 0 Å². The number of hydrogen-bond donors (Lipinski definition) is 0. The van der Waals surface area contributed by atoms with Gasteiger partial charge in [0.05, 0.1) is 19.6 Å². The van der Waals surface area contributed by atoms with Gasteiger partial charge in [0.15, 0.2) is 0 Å². The van der Waals surface area contributed by atoms with Gasteiger partial charge in [0.2, 0.25) is 5.91 Å². The Morgan fingerprint density at radius 2 is 1.96 bits per heavy atom. The van der Waals surface area contributed by atoms with Crippen molar-refractivity contribution in [2.75, 3.05) is 14.2 Å². The second-order valence-electron chi connectivity index (χ2n) is 6.20. The lowest BCUT2D eigenvalue weighted by Crippen LogP contribution is -2.28. The third-order valence-electron chi connectivity index (χ3n) is 3.70. The topological polar surface area (TPSA) is 38.8 Å². The molecule has 0 saturated carbocycles. The summed E-state index contributed by atoms with van der Waals surface area (Å²) < 4.78 is 11.0. The van der Waals surface area contributed by atoms with E-state index in [0.29, 0.717) is 18.0 Å². The molecule has 1 amide bonds. The molecule has 0 aliphatic rings. The van der Waals surface area contributed by atoms with Gasteiger partial charge in [-0.1, -0.05) is 23.7 Å². The lowest BCUT2D eigenvalue weighted by molar-refractivity contribution is -0.129. The Hall–Kier alpha value is -2.20. The van der Waals surface area contributed by atoms with Crippen molar-refractivity contribution in [3.8, 4) is 11.5 Å². The van der Waals surface area contributed by atoms with E-state index >= 15 is 0 Å². The van der Waals surface area contributed by atoms with Crippen molar-refractivity contribution in [2.24, 2.45) is 0 Å². The summed E-state index contributed by atoms with van der Waals surface area (Å²) in [7, 11) is 3.38. The van der Waals surface area contributed by atoms with Crippen LogP contribution >= 0.6 is 11.6 Å². The number of carbonyl (C=O) groups excluding carboxylic acids is 1. The maximum absolute atomic E-state index is 12.5. The molecule has 0 saturated heterocycles. The van der Waals surface area contributed by atoms with Crippen LogP contribution in [0.2, 0.25) is 5.02 Å². The Morgan fingerprint density at radius 3 is 2.64 bits per heavy atom. The highest BCUT2D eigenvalue weighted by molar-refractivity contribution is 6.30. The molecule has 0 unspecified atom stereocenters. The first-order valence-corrected chi connectivity index (χ1v) is 8.59. The van der Waals surface area contributed by atoms with E-state index in [1.165, 1.54) is 0 Å². The first-order chi connectivity index (χ1) is 11.9. The normalized spacial score (nSPS) is 10.6. The number of methoxy groups -OCH3 is 1. The van der Waals surface area contributed by atoms with Crippen molar-refractivity contribution >= 4 is 17.5 Å². The third kappa shape index (κ3) is 5.68. The summed E-state index contributed by atoms with van der Waals surface area (Å²) in [5.41, 5.74) is 1.80. The molecule has 0 bridgehead atoms. The number of halogens is 1. The van der Waals surface area contributed by atoms with Crippen LogP contribution in [0, 0.1) is 0 Å². The summed E-state index contributed by atoms with van der Waals surface area (Å²) in [6.45, 7) is 4.39. The lowest BCUT2D eigenvalue weighted by atomic mass is 10.1. The van der Waals surface area contributed by atoms with E-state index in [0.717, 1.165) is 22.6 Å². The number of benzene rings is 2. The molecule has 0 atom stereocenters. The molecule has 0 aliphatic heterocycles. The SMILES string of the molecule is COc1ccc(Cl)cc1CN(C)C(=O)Cc1cccc(OC(C)C)c1. The van der Waals surface area contributed by atoms with Gasteiger partial charge < -0.3 is 14.4 Å². The highest BCUT2D eigenvalue weighted by atomic mass is 35.5. The van der Waals surface area contributed by atoms with Crippen LogP contribution in [-0.2, 0) is 17.8 Å². The molecule has 0 N–H and O–H groups in total. The molecule has 4 nitrogen and oxygen atoms in total. The molecule has 0 heterocycles. The van der Waals surface area contributed by atoms with Crippen LogP contribution in [-0.4, -0.2) is 31.1 Å². The number of rotatable bonds is 7. The standard InChI is InChI=1S/C20H24ClNO3/c1-14(2)25-18-7-5-6-15(10-18)11-20(23)22(3)13-16-12-17(21)8-9-19(16)24-4/h5-10,12,14H,11,13H2,1-4H3. The minimum Gasteiger partial charge on any atom is -0.496 e. The molecule has 2 aromatic rings. The smallest absolute Gasteiger partial charge is 0.227 e. The van der Waals surface area contributed by atoms with Crippen molar-refractivity contribution in [2.45, 2.75) is 32.9 Å². The van der Waals surface area contributed by atoms with Crippen molar-refractivity contribution in [3.63, 3.8) is 0 Å². The molecule has 0 spiro atoms. The number of hydrogen-bond acceptors (Lipinski definition) is 3. The molecule has 25 heavy (non-hydrogen) atoms. The Morgan fingerprint density at radius 1 is 1.20 bits per heavy atom. The second-order valence-corrected chi connectivity index (χ2v) is 6.63. The first kappa shape index (κ1) is 19.1. The van der Waals surface area contributed by atoms with Gasteiger partial charge in [-0.3, -0.25) is 4.79 Å². The van der Waals surface area contributed by atoms with Gasteiger partial charge in [0, 0.05) is 24.2 Å². The largest absolute Gasteiger partial charge is 0.496 e. The molecule has 0 aromatic heterocycles. The average molecular weight is 362 g/mol. The lowest BCUT2D eigenvalue weighted by Gasteiger charge is -2.19. The van der Waals surface area contributed by atoms with Crippen LogP contribution < -0.4 is 9.47 Å². The predicted molar refractivity (Wildman–Crippen MR) is 100 cm³/mol.